The van der Waals surface area contributed by atoms with Gasteiger partial charge in [0.25, 0.3) is 0 Å². The molecule has 0 aliphatic rings. The summed E-state index contributed by atoms with van der Waals surface area (Å²) in [7, 11) is 0. The van der Waals surface area contributed by atoms with Crippen LogP contribution in [0.2, 0.25) is 0 Å². The first-order valence-electron chi connectivity index (χ1n) is 5.79. The molecule has 0 aromatic heterocycles. The van der Waals surface area contributed by atoms with Gasteiger partial charge in [-0.3, -0.25) is 0 Å². The van der Waals surface area contributed by atoms with Crippen molar-refractivity contribution in [3.05, 3.63) is 0 Å². The molecule has 0 aromatic carbocycles. The number of carbonyl (C=O) groups is 3. The molecule has 0 radical (unpaired) electrons. The SMILES string of the molecule is CCC(C)(C)C.O=C([O-])CS.O=C([O-])CS.O=C([O-])CS. The fraction of sp³-hybridized carbons (Fsp3) is 0.750. The number of aliphatic carboxylic acids is 3. The van der Waals surface area contributed by atoms with Gasteiger partial charge in [-0.25, -0.2) is 0 Å². The van der Waals surface area contributed by atoms with Crippen LogP contribution in [0, 0.1) is 5.41 Å². The van der Waals surface area contributed by atoms with Crippen LogP contribution in [-0.2, 0) is 14.4 Å². The Morgan fingerprint density at radius 1 is 0.762 bits per heavy atom. The van der Waals surface area contributed by atoms with Gasteiger partial charge < -0.3 is 29.7 Å². The van der Waals surface area contributed by atoms with Gasteiger partial charge in [0.05, 0.1) is 17.9 Å². The van der Waals surface area contributed by atoms with Crippen molar-refractivity contribution in [2.24, 2.45) is 5.41 Å². The molecular formula is C12H23O6S3-3. The summed E-state index contributed by atoms with van der Waals surface area (Å²) in [6.45, 7) is 8.94. The Hall–Kier alpha value is -0.540. The largest absolute Gasteiger partial charge is 0.549 e. The number of hydrogen-bond acceptors (Lipinski definition) is 9. The third-order valence-electron chi connectivity index (χ3n) is 1.45. The maximum absolute atomic E-state index is 9.18. The maximum atomic E-state index is 9.18. The molecule has 0 atom stereocenters. The summed E-state index contributed by atoms with van der Waals surface area (Å²) in [5.41, 5.74) is 0.542. The molecule has 0 aliphatic carbocycles. The molecule has 6 nitrogen and oxygen atoms in total. The fourth-order valence-electron chi connectivity index (χ4n) is 0. The van der Waals surface area contributed by atoms with Gasteiger partial charge in [-0.05, 0) is 5.41 Å². The van der Waals surface area contributed by atoms with Crippen LogP contribution in [-0.4, -0.2) is 35.2 Å². The third-order valence-corrected chi connectivity index (χ3v) is 2.22. The summed E-state index contributed by atoms with van der Waals surface area (Å²) in [5.74, 6) is -3.98. The molecule has 0 heterocycles. The highest BCUT2D eigenvalue weighted by Crippen LogP contribution is 2.16. The maximum Gasteiger partial charge on any atom is 0.0510 e. The van der Waals surface area contributed by atoms with E-state index in [4.69, 9.17) is 0 Å². The number of thiol groups is 3. The van der Waals surface area contributed by atoms with Gasteiger partial charge >= 0.3 is 0 Å². The van der Waals surface area contributed by atoms with Crippen molar-refractivity contribution in [3.63, 3.8) is 0 Å². The first kappa shape index (κ1) is 28.6. The fourth-order valence-corrected chi connectivity index (χ4v) is 0. The highest BCUT2D eigenvalue weighted by Gasteiger charge is 2.03. The second kappa shape index (κ2) is 19.5. The van der Waals surface area contributed by atoms with Crippen molar-refractivity contribution in [3.8, 4) is 0 Å². The summed E-state index contributed by atoms with van der Waals surface area (Å²) in [4.78, 5) is 27.5. The zero-order valence-corrected chi connectivity index (χ0v) is 15.3. The zero-order valence-electron chi connectivity index (χ0n) is 12.6. The Kier molecular flexibility index (Phi) is 26.5. The van der Waals surface area contributed by atoms with E-state index < -0.39 is 17.9 Å². The van der Waals surface area contributed by atoms with Gasteiger partial charge in [0.2, 0.25) is 0 Å². The number of carbonyl (C=O) groups excluding carboxylic acids is 3. The topological polar surface area (TPSA) is 120 Å². The lowest BCUT2D eigenvalue weighted by Crippen LogP contribution is -2.23. The molecule has 0 unspecified atom stereocenters. The first-order valence-corrected chi connectivity index (χ1v) is 7.69. The molecule has 0 N–H and O–H groups in total. The van der Waals surface area contributed by atoms with E-state index in [9.17, 15) is 29.7 Å². The van der Waals surface area contributed by atoms with E-state index in [1.54, 1.807) is 0 Å². The monoisotopic (exact) mass is 359 g/mol. The van der Waals surface area contributed by atoms with E-state index >= 15 is 0 Å². The lowest BCUT2D eigenvalue weighted by molar-refractivity contribution is -0.302. The van der Waals surface area contributed by atoms with Crippen molar-refractivity contribution < 1.29 is 29.7 Å². The Labute approximate surface area is 142 Å². The van der Waals surface area contributed by atoms with E-state index in [0.717, 1.165) is 0 Å². The molecule has 0 spiro atoms. The molecule has 9 heteroatoms. The van der Waals surface area contributed by atoms with Crippen LogP contribution in [0.5, 0.6) is 0 Å². The first-order chi connectivity index (χ1) is 9.37. The number of hydrogen-bond donors (Lipinski definition) is 3. The minimum atomic E-state index is -1.13. The Morgan fingerprint density at radius 2 is 0.857 bits per heavy atom. The second-order valence-electron chi connectivity index (χ2n) is 4.50. The molecule has 0 saturated carbocycles. The summed E-state index contributed by atoms with van der Waals surface area (Å²) < 4.78 is 0. The quantitative estimate of drug-likeness (QED) is 0.524. The molecule has 0 fully saturated rings. The molecule has 0 amide bonds. The van der Waals surface area contributed by atoms with Crippen molar-refractivity contribution in [2.45, 2.75) is 34.1 Å². The van der Waals surface area contributed by atoms with E-state index in [-0.39, 0.29) is 17.3 Å². The Bertz CT molecular complexity index is 243. The molecule has 0 rings (SSSR count). The van der Waals surface area contributed by atoms with Crippen LogP contribution >= 0.6 is 37.9 Å². The van der Waals surface area contributed by atoms with Crippen molar-refractivity contribution in [1.82, 2.24) is 0 Å². The van der Waals surface area contributed by atoms with Gasteiger partial charge in [0.15, 0.2) is 0 Å². The highest BCUT2D eigenvalue weighted by molar-refractivity contribution is 7.81. The minimum Gasteiger partial charge on any atom is -0.549 e. The summed E-state index contributed by atoms with van der Waals surface area (Å²) in [5, 5.41) is 27.5. The molecule has 0 aromatic rings. The predicted molar refractivity (Wildman–Crippen MR) is 86.3 cm³/mol. The molecule has 0 aliphatic heterocycles. The van der Waals surface area contributed by atoms with Crippen LogP contribution < -0.4 is 15.3 Å². The van der Waals surface area contributed by atoms with Gasteiger partial charge in [-0.15, -0.1) is 0 Å². The lowest BCUT2D eigenvalue weighted by atomic mass is 9.94. The average Bonchev–Trinajstić information content (AvgIpc) is 2.39. The van der Waals surface area contributed by atoms with Gasteiger partial charge in [0.1, 0.15) is 0 Å². The van der Waals surface area contributed by atoms with E-state index in [1.807, 2.05) is 0 Å². The van der Waals surface area contributed by atoms with Crippen LogP contribution in [0.25, 0.3) is 0 Å². The molecule has 0 saturated heterocycles. The lowest BCUT2D eigenvalue weighted by Gasteiger charge is -2.12. The second-order valence-corrected chi connectivity index (χ2v) is 5.45. The zero-order chi connectivity index (χ0) is 18.1. The molecule has 21 heavy (non-hydrogen) atoms. The number of carboxylic acids is 3. The van der Waals surface area contributed by atoms with Gasteiger partial charge in [-0.1, -0.05) is 34.1 Å². The van der Waals surface area contributed by atoms with E-state index in [1.165, 1.54) is 6.42 Å². The average molecular weight is 360 g/mol. The highest BCUT2D eigenvalue weighted by atomic mass is 32.1. The molecule has 128 valence electrons. The van der Waals surface area contributed by atoms with E-state index in [0.29, 0.717) is 5.41 Å². The minimum absolute atomic E-state index is 0.194. The van der Waals surface area contributed by atoms with Gasteiger partial charge in [0, 0.05) is 17.3 Å². The van der Waals surface area contributed by atoms with Crippen LogP contribution in [0.3, 0.4) is 0 Å². The molecule has 0 bridgehead atoms. The van der Waals surface area contributed by atoms with Crippen LogP contribution in [0.1, 0.15) is 34.1 Å². The predicted octanol–water partition coefficient (Wildman–Crippen LogP) is -1.56. The third kappa shape index (κ3) is 82.9. The number of carboxylic acid groups (broad SMARTS) is 3. The summed E-state index contributed by atoms with van der Waals surface area (Å²) in [6.07, 6.45) is 1.27. The smallest absolute Gasteiger partial charge is 0.0510 e. The normalized spacial score (nSPS) is 8.71. The van der Waals surface area contributed by atoms with Crippen LogP contribution in [0.15, 0.2) is 0 Å². The van der Waals surface area contributed by atoms with Crippen LogP contribution in [0.4, 0.5) is 0 Å². The van der Waals surface area contributed by atoms with Crippen molar-refractivity contribution >= 4 is 55.8 Å². The summed E-state index contributed by atoms with van der Waals surface area (Å²) >= 11 is 10.1. The Balaban J connectivity index is -0.0000000921. The Morgan fingerprint density at radius 3 is 0.857 bits per heavy atom. The molecular weight excluding hydrogens is 336 g/mol. The standard InChI is InChI=1S/C6H14.3C2H4O2S/c1-5-6(2,3)4;3*3-2(4)1-5/h5H2,1-4H3;3*5H,1H2,(H,3,4)/p-3. The van der Waals surface area contributed by atoms with Crippen molar-refractivity contribution in [1.29, 1.82) is 0 Å². The summed E-state index contributed by atoms with van der Waals surface area (Å²) in [6, 6.07) is 0. The number of rotatable bonds is 3. The van der Waals surface area contributed by atoms with Gasteiger partial charge in [-0.2, -0.15) is 37.9 Å². The van der Waals surface area contributed by atoms with E-state index in [2.05, 4.69) is 65.6 Å². The van der Waals surface area contributed by atoms with Crippen molar-refractivity contribution in [2.75, 3.05) is 17.3 Å².